The van der Waals surface area contributed by atoms with Crippen LogP contribution in [0.5, 0.6) is 0 Å². The SMILES string of the molecule is C#Cc1cc(C2=C(c3cc(C#C)sc3C)C(F)(F)C(F)(F)C2(F)F)c(C)s1. The standard InChI is InChI=1S/C19H10F6S2/c1-5-11-7-13(9(3)26-11)15-16(14-8-12(6-2)27-10(14)4)18(22,23)19(24,25)17(15,20)21/h1-2,7-8H,3-4H3. The van der Waals surface area contributed by atoms with Gasteiger partial charge >= 0.3 is 17.8 Å². The first-order valence-corrected chi connectivity index (χ1v) is 9.07. The van der Waals surface area contributed by atoms with Crippen LogP contribution in [0.4, 0.5) is 26.3 Å². The maximum absolute atomic E-state index is 14.6. The molecule has 0 aliphatic heterocycles. The molecule has 0 aromatic carbocycles. The highest BCUT2D eigenvalue weighted by Gasteiger charge is 2.80. The Bertz CT molecular complexity index is 971. The lowest BCUT2D eigenvalue weighted by molar-refractivity contribution is -0.254. The van der Waals surface area contributed by atoms with E-state index in [4.69, 9.17) is 12.8 Å². The zero-order valence-corrected chi connectivity index (χ0v) is 15.5. The molecule has 2 aromatic heterocycles. The van der Waals surface area contributed by atoms with Crippen LogP contribution in [-0.2, 0) is 0 Å². The average molecular weight is 416 g/mol. The summed E-state index contributed by atoms with van der Waals surface area (Å²) in [7, 11) is 0. The number of thiophene rings is 2. The van der Waals surface area contributed by atoms with Crippen LogP contribution in [0.3, 0.4) is 0 Å². The van der Waals surface area contributed by atoms with E-state index in [-0.39, 0.29) is 19.5 Å². The Labute approximate surface area is 159 Å². The largest absolute Gasteiger partial charge is 0.380 e. The number of halogens is 6. The lowest BCUT2D eigenvalue weighted by Crippen LogP contribution is -2.48. The molecule has 0 amide bonds. The van der Waals surface area contributed by atoms with Gasteiger partial charge in [-0.05, 0) is 37.1 Å². The molecule has 1 aliphatic rings. The van der Waals surface area contributed by atoms with E-state index in [0.29, 0.717) is 0 Å². The fraction of sp³-hybridized carbons (Fsp3) is 0.263. The van der Waals surface area contributed by atoms with E-state index in [9.17, 15) is 26.3 Å². The summed E-state index contributed by atoms with van der Waals surface area (Å²) in [5, 5.41) is 0. The molecule has 1 aliphatic carbocycles. The number of aryl methyl sites for hydroxylation is 2. The molecule has 3 rings (SSSR count). The minimum Gasteiger partial charge on any atom is -0.194 e. The summed E-state index contributed by atoms with van der Waals surface area (Å²) in [4.78, 5) is 0.646. The molecule has 2 aromatic rings. The molecule has 8 heteroatoms. The monoisotopic (exact) mass is 416 g/mol. The van der Waals surface area contributed by atoms with Crippen molar-refractivity contribution in [3.05, 3.63) is 42.8 Å². The van der Waals surface area contributed by atoms with Crippen molar-refractivity contribution in [3.8, 4) is 24.7 Å². The fourth-order valence-corrected chi connectivity index (χ4v) is 4.71. The molecule has 140 valence electrons. The van der Waals surface area contributed by atoms with Crippen molar-refractivity contribution >= 4 is 33.8 Å². The van der Waals surface area contributed by atoms with E-state index in [1.807, 2.05) is 0 Å². The third kappa shape index (κ3) is 2.47. The summed E-state index contributed by atoms with van der Waals surface area (Å²) in [6.07, 6.45) is 10.5. The molecule has 0 radical (unpaired) electrons. The molecule has 27 heavy (non-hydrogen) atoms. The summed E-state index contributed by atoms with van der Waals surface area (Å²) in [6, 6.07) is 2.12. The third-order valence-corrected chi connectivity index (χ3v) is 6.29. The van der Waals surface area contributed by atoms with Gasteiger partial charge in [0.15, 0.2) is 0 Å². The minimum absolute atomic E-state index is 0.147. The van der Waals surface area contributed by atoms with E-state index < -0.39 is 40.0 Å². The van der Waals surface area contributed by atoms with Crippen molar-refractivity contribution in [3.63, 3.8) is 0 Å². The number of hydrogen-bond acceptors (Lipinski definition) is 2. The van der Waals surface area contributed by atoms with Crippen LogP contribution in [0.1, 0.15) is 30.6 Å². The molecule has 0 atom stereocenters. The van der Waals surface area contributed by atoms with Crippen molar-refractivity contribution in [2.24, 2.45) is 0 Å². The maximum Gasteiger partial charge on any atom is 0.380 e. The van der Waals surface area contributed by atoms with Gasteiger partial charge in [-0.2, -0.15) is 26.3 Å². The van der Waals surface area contributed by atoms with E-state index >= 15 is 0 Å². The number of allylic oxidation sites excluding steroid dienone is 2. The van der Waals surface area contributed by atoms with Crippen LogP contribution in [-0.4, -0.2) is 17.8 Å². The van der Waals surface area contributed by atoms with E-state index in [1.165, 1.54) is 13.8 Å². The van der Waals surface area contributed by atoms with Crippen LogP contribution < -0.4 is 0 Å². The predicted octanol–water partition coefficient (Wildman–Crippen LogP) is 6.22. The molecule has 0 spiro atoms. The second-order valence-corrected chi connectivity index (χ2v) is 8.44. The second-order valence-electron chi connectivity index (χ2n) is 5.92. The molecular formula is C19H10F6S2. The molecule has 0 fully saturated rings. The molecule has 0 saturated carbocycles. The van der Waals surface area contributed by atoms with Crippen molar-refractivity contribution < 1.29 is 26.3 Å². The number of terminal acetylenes is 2. The Hall–Kier alpha value is -2.16. The summed E-state index contributed by atoms with van der Waals surface area (Å²) in [6.45, 7) is 2.73. The highest BCUT2D eigenvalue weighted by molar-refractivity contribution is 7.13. The highest BCUT2D eigenvalue weighted by Crippen LogP contribution is 2.65. The molecule has 0 bridgehead atoms. The van der Waals surface area contributed by atoms with E-state index in [0.717, 1.165) is 34.8 Å². The van der Waals surface area contributed by atoms with Gasteiger partial charge in [-0.25, -0.2) is 0 Å². The van der Waals surface area contributed by atoms with Gasteiger partial charge < -0.3 is 0 Å². The van der Waals surface area contributed by atoms with Crippen molar-refractivity contribution in [2.75, 3.05) is 0 Å². The van der Waals surface area contributed by atoms with Crippen LogP contribution in [0.2, 0.25) is 0 Å². The molecule has 0 saturated heterocycles. The first-order valence-electron chi connectivity index (χ1n) is 7.43. The third-order valence-electron chi connectivity index (χ3n) is 4.33. The predicted molar refractivity (Wildman–Crippen MR) is 95.6 cm³/mol. The lowest BCUT2D eigenvalue weighted by Gasteiger charge is -2.25. The van der Waals surface area contributed by atoms with E-state index in [1.54, 1.807) is 0 Å². The highest BCUT2D eigenvalue weighted by atomic mass is 32.1. The maximum atomic E-state index is 14.6. The summed E-state index contributed by atoms with van der Waals surface area (Å²) < 4.78 is 87.0. The van der Waals surface area contributed by atoms with Gasteiger partial charge in [-0.3, -0.25) is 0 Å². The topological polar surface area (TPSA) is 0 Å². The summed E-state index contributed by atoms with van der Waals surface area (Å²) in [5.74, 6) is -11.4. The van der Waals surface area contributed by atoms with Crippen LogP contribution >= 0.6 is 22.7 Å². The van der Waals surface area contributed by atoms with Gasteiger partial charge in [0.05, 0.1) is 9.75 Å². The Balaban J connectivity index is 2.47. The van der Waals surface area contributed by atoms with Gasteiger partial charge in [-0.15, -0.1) is 35.5 Å². The smallest absolute Gasteiger partial charge is 0.194 e. The van der Waals surface area contributed by atoms with Crippen LogP contribution in [0, 0.1) is 38.5 Å². The zero-order valence-electron chi connectivity index (χ0n) is 13.9. The van der Waals surface area contributed by atoms with Crippen LogP contribution in [0.15, 0.2) is 12.1 Å². The van der Waals surface area contributed by atoms with Crippen LogP contribution in [0.25, 0.3) is 11.1 Å². The lowest BCUT2D eigenvalue weighted by atomic mass is 9.95. The second kappa shape index (κ2) is 5.92. The first-order chi connectivity index (χ1) is 12.4. The first kappa shape index (κ1) is 19.6. The van der Waals surface area contributed by atoms with Crippen molar-refractivity contribution in [1.82, 2.24) is 0 Å². The molecule has 0 N–H and O–H groups in total. The van der Waals surface area contributed by atoms with Gasteiger partial charge in [0.1, 0.15) is 0 Å². The van der Waals surface area contributed by atoms with Gasteiger partial charge in [0.2, 0.25) is 0 Å². The number of rotatable bonds is 2. The Kier molecular flexibility index (Phi) is 4.30. The zero-order chi connectivity index (χ0) is 20.4. The Morgan fingerprint density at radius 3 is 1.33 bits per heavy atom. The van der Waals surface area contributed by atoms with Gasteiger partial charge in [-0.1, -0.05) is 11.8 Å². The molecule has 2 heterocycles. The average Bonchev–Trinajstić information content (AvgIpc) is 3.16. The van der Waals surface area contributed by atoms with E-state index in [2.05, 4.69) is 11.8 Å². The quantitative estimate of drug-likeness (QED) is 0.403. The normalized spacial score (nSPS) is 19.8. The minimum atomic E-state index is -5.60. The molecular weight excluding hydrogens is 406 g/mol. The van der Waals surface area contributed by atoms with Gasteiger partial charge in [0, 0.05) is 20.9 Å². The molecule has 0 unspecified atom stereocenters. The van der Waals surface area contributed by atoms with Crippen molar-refractivity contribution in [2.45, 2.75) is 31.6 Å². The fourth-order valence-electron chi connectivity index (χ4n) is 3.04. The molecule has 0 nitrogen and oxygen atoms in total. The Morgan fingerprint density at radius 1 is 0.741 bits per heavy atom. The Morgan fingerprint density at radius 2 is 1.07 bits per heavy atom. The number of alkyl halides is 6. The number of hydrogen-bond donors (Lipinski definition) is 0. The van der Waals surface area contributed by atoms with Gasteiger partial charge in [0.25, 0.3) is 0 Å². The summed E-state index contributed by atoms with van der Waals surface area (Å²) >= 11 is 1.78. The summed E-state index contributed by atoms with van der Waals surface area (Å²) in [5.41, 5.74) is -3.62. The van der Waals surface area contributed by atoms with Crippen molar-refractivity contribution in [1.29, 1.82) is 0 Å².